The number of hydrogen-bond acceptors (Lipinski definition) is 6. The molecule has 30 heavy (non-hydrogen) atoms. The molecule has 0 spiro atoms. The molecule has 1 saturated carbocycles. The first-order valence-electron chi connectivity index (χ1n) is 8.73. The van der Waals surface area contributed by atoms with E-state index in [1.807, 2.05) is 6.07 Å². The summed E-state index contributed by atoms with van der Waals surface area (Å²) < 4.78 is 67.6. The average Bonchev–Trinajstić information content (AvgIpc) is 3.31. The van der Waals surface area contributed by atoms with Crippen molar-refractivity contribution in [2.45, 2.75) is 37.3 Å². The topological polar surface area (TPSA) is 84.5 Å². The summed E-state index contributed by atoms with van der Waals surface area (Å²) in [7, 11) is 0. The van der Waals surface area contributed by atoms with Gasteiger partial charge in [-0.2, -0.15) is 10.5 Å². The van der Waals surface area contributed by atoms with Crippen molar-refractivity contribution in [3.63, 3.8) is 0 Å². The van der Waals surface area contributed by atoms with Crippen LogP contribution >= 0.6 is 0 Å². The van der Waals surface area contributed by atoms with Crippen molar-refractivity contribution in [3.8, 4) is 35.1 Å². The molecule has 2 aromatic carbocycles. The molecule has 6 nitrogen and oxygen atoms in total. The van der Waals surface area contributed by atoms with Crippen molar-refractivity contribution < 1.29 is 36.5 Å². The lowest BCUT2D eigenvalue weighted by atomic mass is 9.97. The highest BCUT2D eigenvalue weighted by Crippen LogP contribution is 2.51. The fourth-order valence-electron chi connectivity index (χ4n) is 3.03. The fraction of sp³-hybridized carbons (Fsp3) is 0.300. The predicted molar refractivity (Wildman–Crippen MR) is 91.1 cm³/mol. The van der Waals surface area contributed by atoms with Gasteiger partial charge >= 0.3 is 12.6 Å². The van der Waals surface area contributed by atoms with Crippen LogP contribution in [-0.4, -0.2) is 12.6 Å². The Morgan fingerprint density at radius 3 is 1.83 bits per heavy atom. The van der Waals surface area contributed by atoms with E-state index in [4.69, 9.17) is 10.5 Å². The molecule has 2 heterocycles. The molecule has 154 valence electrons. The highest BCUT2D eigenvalue weighted by molar-refractivity contribution is 5.50. The Hall–Kier alpha value is -3.66. The van der Waals surface area contributed by atoms with Crippen LogP contribution in [0, 0.1) is 22.7 Å². The van der Waals surface area contributed by atoms with Gasteiger partial charge in [-0.05, 0) is 48.2 Å². The van der Waals surface area contributed by atoms with E-state index in [0.29, 0.717) is 5.56 Å². The Labute approximate surface area is 167 Å². The molecular formula is C20H12F4N2O4. The molecular weight excluding hydrogens is 408 g/mol. The summed E-state index contributed by atoms with van der Waals surface area (Å²) in [5.74, 6) is -0.00838. The van der Waals surface area contributed by atoms with Crippen molar-refractivity contribution in [2.75, 3.05) is 0 Å². The van der Waals surface area contributed by atoms with Gasteiger partial charge in [0.1, 0.15) is 0 Å². The van der Waals surface area contributed by atoms with Crippen molar-refractivity contribution in [2.24, 2.45) is 0 Å². The lowest BCUT2D eigenvalue weighted by molar-refractivity contribution is -0.287. The highest BCUT2D eigenvalue weighted by Gasteiger charge is 2.48. The molecule has 0 amide bonds. The minimum atomic E-state index is -3.59. The van der Waals surface area contributed by atoms with Crippen LogP contribution in [0.5, 0.6) is 23.0 Å². The number of nitrogens with zero attached hydrogens (tertiary/aromatic N) is 2. The summed E-state index contributed by atoms with van der Waals surface area (Å²) in [6.07, 6.45) is -5.50. The third-order valence-corrected chi connectivity index (χ3v) is 4.67. The molecule has 0 N–H and O–H groups in total. The number of fused-ring (bicyclic) bond motifs is 2. The standard InChI is InChI=1S/C11H7F2NO2.C9H5F2NO2/c12-11(13)15-8-2-1-7(5-9(8)16-11)10(6-14)3-4-10;10-9(11)13-7-2-1-6(3-4-12)5-8(7)14-9/h1-2,5H,3-4H2;1-2,5H,3H2. The number of benzene rings is 2. The normalized spacial score (nSPS) is 19.7. The number of alkyl halides is 4. The van der Waals surface area contributed by atoms with Gasteiger partial charge in [0.25, 0.3) is 0 Å². The molecule has 0 atom stereocenters. The summed E-state index contributed by atoms with van der Waals surface area (Å²) >= 11 is 0. The first-order chi connectivity index (χ1) is 14.2. The minimum Gasteiger partial charge on any atom is -0.395 e. The van der Waals surface area contributed by atoms with E-state index in [1.54, 1.807) is 12.1 Å². The van der Waals surface area contributed by atoms with Crippen molar-refractivity contribution in [1.29, 1.82) is 10.5 Å². The highest BCUT2D eigenvalue weighted by atomic mass is 19.3. The van der Waals surface area contributed by atoms with Gasteiger partial charge in [-0.1, -0.05) is 12.1 Å². The first-order valence-corrected chi connectivity index (χ1v) is 8.73. The molecule has 2 aromatic rings. The van der Waals surface area contributed by atoms with Crippen LogP contribution in [0.4, 0.5) is 17.6 Å². The number of hydrogen-bond donors (Lipinski definition) is 0. The molecule has 0 radical (unpaired) electrons. The second-order valence-electron chi connectivity index (χ2n) is 6.81. The predicted octanol–water partition coefficient (Wildman–Crippen LogP) is 4.64. The maximum absolute atomic E-state index is 12.8. The lowest BCUT2D eigenvalue weighted by Crippen LogP contribution is -2.25. The minimum absolute atomic E-state index is 0.00307. The molecule has 0 saturated heterocycles. The molecule has 5 rings (SSSR count). The molecule has 2 aliphatic heterocycles. The SMILES string of the molecule is N#CC1(c2ccc3c(c2)OC(F)(F)O3)CC1.N#CCc1ccc2c(c1)OC(F)(F)O2. The maximum atomic E-state index is 12.8. The molecule has 0 bridgehead atoms. The Kier molecular flexibility index (Phi) is 4.39. The van der Waals surface area contributed by atoms with Crippen LogP contribution in [0.2, 0.25) is 0 Å². The van der Waals surface area contributed by atoms with Crippen LogP contribution in [0.25, 0.3) is 0 Å². The van der Waals surface area contributed by atoms with Crippen LogP contribution in [0.15, 0.2) is 36.4 Å². The van der Waals surface area contributed by atoms with Gasteiger partial charge in [0, 0.05) is 0 Å². The van der Waals surface area contributed by atoms with Crippen LogP contribution in [0.3, 0.4) is 0 Å². The van der Waals surface area contributed by atoms with E-state index in [1.165, 1.54) is 24.3 Å². The summed E-state index contributed by atoms with van der Waals surface area (Å²) in [6.45, 7) is 0. The summed E-state index contributed by atoms with van der Waals surface area (Å²) in [4.78, 5) is 0. The number of nitriles is 2. The van der Waals surface area contributed by atoms with Crippen LogP contribution < -0.4 is 18.9 Å². The Balaban J connectivity index is 0.000000147. The molecule has 1 aliphatic carbocycles. The number of ether oxygens (including phenoxy) is 4. The van der Waals surface area contributed by atoms with E-state index < -0.39 is 18.0 Å². The van der Waals surface area contributed by atoms with Gasteiger partial charge in [-0.25, -0.2) is 0 Å². The maximum Gasteiger partial charge on any atom is 0.586 e. The van der Waals surface area contributed by atoms with Crippen molar-refractivity contribution >= 4 is 0 Å². The molecule has 3 aliphatic rings. The Morgan fingerprint density at radius 2 is 1.30 bits per heavy atom. The fourth-order valence-corrected chi connectivity index (χ4v) is 3.03. The van der Waals surface area contributed by atoms with E-state index >= 15 is 0 Å². The summed E-state index contributed by atoms with van der Waals surface area (Å²) in [5, 5.41) is 17.4. The van der Waals surface area contributed by atoms with Gasteiger partial charge in [-0.3, -0.25) is 0 Å². The average molecular weight is 420 g/mol. The van der Waals surface area contributed by atoms with E-state index in [9.17, 15) is 17.6 Å². The molecule has 1 fully saturated rings. The van der Waals surface area contributed by atoms with E-state index in [2.05, 4.69) is 25.0 Å². The Morgan fingerprint density at radius 1 is 0.767 bits per heavy atom. The summed E-state index contributed by atoms with van der Waals surface area (Å²) in [5.41, 5.74) is 0.832. The second-order valence-corrected chi connectivity index (χ2v) is 6.81. The van der Waals surface area contributed by atoms with Gasteiger partial charge < -0.3 is 18.9 Å². The molecule has 10 heteroatoms. The zero-order valence-electron chi connectivity index (χ0n) is 15.1. The largest absolute Gasteiger partial charge is 0.586 e. The third-order valence-electron chi connectivity index (χ3n) is 4.67. The molecule has 0 unspecified atom stereocenters. The zero-order valence-corrected chi connectivity index (χ0v) is 15.1. The smallest absolute Gasteiger partial charge is 0.395 e. The number of rotatable bonds is 2. The Bertz CT molecular complexity index is 1090. The summed E-state index contributed by atoms with van der Waals surface area (Å²) in [6, 6.07) is 12.9. The van der Waals surface area contributed by atoms with Gasteiger partial charge in [0.15, 0.2) is 23.0 Å². The molecule has 0 aromatic heterocycles. The van der Waals surface area contributed by atoms with Gasteiger partial charge in [-0.15, -0.1) is 17.6 Å². The van der Waals surface area contributed by atoms with E-state index in [-0.39, 0.29) is 29.4 Å². The number of halogens is 4. The van der Waals surface area contributed by atoms with Crippen molar-refractivity contribution in [3.05, 3.63) is 47.5 Å². The van der Waals surface area contributed by atoms with E-state index in [0.717, 1.165) is 18.4 Å². The zero-order chi connectivity index (χ0) is 21.6. The quantitative estimate of drug-likeness (QED) is 0.659. The lowest BCUT2D eigenvalue weighted by Gasteiger charge is -2.06. The third kappa shape index (κ3) is 3.77. The van der Waals surface area contributed by atoms with Crippen LogP contribution in [-0.2, 0) is 11.8 Å². The van der Waals surface area contributed by atoms with Crippen molar-refractivity contribution in [1.82, 2.24) is 0 Å². The van der Waals surface area contributed by atoms with Crippen LogP contribution in [0.1, 0.15) is 24.0 Å². The first kappa shape index (κ1) is 19.6. The second kappa shape index (κ2) is 6.70. The monoisotopic (exact) mass is 420 g/mol. The van der Waals surface area contributed by atoms with Gasteiger partial charge in [0.2, 0.25) is 0 Å². The van der Waals surface area contributed by atoms with Gasteiger partial charge in [0.05, 0.1) is 24.0 Å².